The molecule has 0 atom stereocenters. The predicted octanol–water partition coefficient (Wildman–Crippen LogP) is 2.24. The van der Waals surface area contributed by atoms with Crippen molar-refractivity contribution in [3.8, 4) is 0 Å². The first-order valence-electron chi connectivity index (χ1n) is 2.75. The highest BCUT2D eigenvalue weighted by molar-refractivity contribution is 5.20. The lowest BCUT2D eigenvalue weighted by molar-refractivity contribution is 0.425. The van der Waals surface area contributed by atoms with Gasteiger partial charge >= 0.3 is 0 Å². The van der Waals surface area contributed by atoms with Crippen LogP contribution in [-0.2, 0) is 0 Å². The molecule has 0 aliphatic rings. The van der Waals surface area contributed by atoms with Gasteiger partial charge in [0, 0.05) is 0 Å². The van der Waals surface area contributed by atoms with Crippen LogP contribution in [0.2, 0.25) is 0 Å². The van der Waals surface area contributed by atoms with Crippen LogP contribution in [0.1, 0.15) is 0 Å². The summed E-state index contributed by atoms with van der Waals surface area (Å²) in [5.74, 6) is 0.0156. The van der Waals surface area contributed by atoms with Gasteiger partial charge in [-0.05, 0) is 24.3 Å². The molecule has 0 aliphatic heterocycles. The molecular weight excluding hydrogens is 128 g/mol. The predicted molar refractivity (Wildman–Crippen MR) is 41.8 cm³/mol. The molecule has 0 unspecified atom stereocenters. The molecule has 0 radical (unpaired) electrons. The summed E-state index contributed by atoms with van der Waals surface area (Å²) in [4.78, 5) is 0. The fourth-order valence-corrected chi connectivity index (χ4v) is 0.307. The first kappa shape index (κ1) is 8.56. The molecule has 0 aliphatic carbocycles. The maximum atomic E-state index is 8.76. The second-order valence-corrected chi connectivity index (χ2v) is 1.59. The van der Waals surface area contributed by atoms with Gasteiger partial charge < -0.3 is 10.2 Å². The van der Waals surface area contributed by atoms with Gasteiger partial charge in [-0.2, -0.15) is 0 Å². The van der Waals surface area contributed by atoms with Gasteiger partial charge in [0.1, 0.15) is 11.5 Å². The van der Waals surface area contributed by atoms with Gasteiger partial charge in [-0.15, -0.1) is 0 Å². The fraction of sp³-hybridized carbons (Fsp3) is 0. The highest BCUT2D eigenvalue weighted by Gasteiger charge is 1.81. The van der Waals surface area contributed by atoms with E-state index in [4.69, 9.17) is 10.2 Å². The Morgan fingerprint density at radius 1 is 0.900 bits per heavy atom. The van der Waals surface area contributed by atoms with E-state index >= 15 is 0 Å². The van der Waals surface area contributed by atoms with Crippen molar-refractivity contribution < 1.29 is 10.2 Å². The Hall–Kier alpha value is -1.44. The molecule has 2 heteroatoms. The van der Waals surface area contributed by atoms with Crippen LogP contribution in [0.15, 0.2) is 49.0 Å². The van der Waals surface area contributed by atoms with Crippen molar-refractivity contribution in [3.05, 3.63) is 49.0 Å². The standard InChI is InChI=1S/C8H10O2/c1-3-7(9)5-6-8(10)4-2/h3-6,9-10H,1-2H2/b7-5+,8-6+. The van der Waals surface area contributed by atoms with Gasteiger partial charge in [0.05, 0.1) is 0 Å². The van der Waals surface area contributed by atoms with E-state index in [1.165, 1.54) is 24.3 Å². The van der Waals surface area contributed by atoms with Gasteiger partial charge in [-0.1, -0.05) is 13.2 Å². The Balaban J connectivity index is 4.16. The van der Waals surface area contributed by atoms with Gasteiger partial charge in [0.15, 0.2) is 0 Å². The molecule has 0 fully saturated rings. The molecule has 0 saturated heterocycles. The van der Waals surface area contributed by atoms with Crippen molar-refractivity contribution >= 4 is 0 Å². The van der Waals surface area contributed by atoms with Gasteiger partial charge in [-0.25, -0.2) is 0 Å². The molecule has 0 heterocycles. The Morgan fingerprint density at radius 3 is 1.40 bits per heavy atom. The van der Waals surface area contributed by atoms with Crippen LogP contribution in [0.25, 0.3) is 0 Å². The molecule has 0 saturated carbocycles. The Morgan fingerprint density at radius 2 is 1.20 bits per heavy atom. The lowest BCUT2D eigenvalue weighted by Gasteiger charge is -1.86. The van der Waals surface area contributed by atoms with Crippen LogP contribution in [0.3, 0.4) is 0 Å². The third-order valence-electron chi connectivity index (χ3n) is 0.843. The molecule has 0 rings (SSSR count). The zero-order valence-electron chi connectivity index (χ0n) is 5.62. The fourth-order valence-electron chi connectivity index (χ4n) is 0.307. The second-order valence-electron chi connectivity index (χ2n) is 1.59. The van der Waals surface area contributed by atoms with Crippen molar-refractivity contribution in [2.24, 2.45) is 0 Å². The largest absolute Gasteiger partial charge is 0.508 e. The van der Waals surface area contributed by atoms with Crippen molar-refractivity contribution in [2.75, 3.05) is 0 Å². The first-order valence-corrected chi connectivity index (χ1v) is 2.75. The van der Waals surface area contributed by atoms with Crippen LogP contribution >= 0.6 is 0 Å². The smallest absolute Gasteiger partial charge is 0.115 e. The van der Waals surface area contributed by atoms with E-state index in [0.29, 0.717) is 0 Å². The summed E-state index contributed by atoms with van der Waals surface area (Å²) in [6.45, 7) is 6.62. The van der Waals surface area contributed by atoms with Crippen LogP contribution < -0.4 is 0 Å². The molecule has 54 valence electrons. The van der Waals surface area contributed by atoms with E-state index in [-0.39, 0.29) is 11.5 Å². The molecule has 0 bridgehead atoms. The molecule has 2 nitrogen and oxygen atoms in total. The highest BCUT2D eigenvalue weighted by Crippen LogP contribution is 1.93. The monoisotopic (exact) mass is 138 g/mol. The molecule has 2 N–H and O–H groups in total. The zero-order chi connectivity index (χ0) is 7.98. The SMILES string of the molecule is C=C/C(O)=C\C=C(\O)C=C. The summed E-state index contributed by atoms with van der Waals surface area (Å²) in [6, 6.07) is 0. The summed E-state index contributed by atoms with van der Waals surface area (Å²) < 4.78 is 0. The van der Waals surface area contributed by atoms with E-state index in [1.54, 1.807) is 0 Å². The Bertz CT molecular complexity index is 165. The van der Waals surface area contributed by atoms with Crippen molar-refractivity contribution in [3.63, 3.8) is 0 Å². The molecule has 0 spiro atoms. The lowest BCUT2D eigenvalue weighted by Crippen LogP contribution is -1.73. The Labute approximate surface area is 60.1 Å². The normalized spacial score (nSPS) is 12.8. The van der Waals surface area contributed by atoms with E-state index in [1.807, 2.05) is 0 Å². The molecule has 0 aromatic carbocycles. The molecular formula is C8H10O2. The van der Waals surface area contributed by atoms with Crippen molar-refractivity contribution in [1.29, 1.82) is 0 Å². The summed E-state index contributed by atoms with van der Waals surface area (Å²) >= 11 is 0. The van der Waals surface area contributed by atoms with Crippen molar-refractivity contribution in [1.82, 2.24) is 0 Å². The quantitative estimate of drug-likeness (QED) is 0.463. The maximum Gasteiger partial charge on any atom is 0.115 e. The maximum absolute atomic E-state index is 8.76. The van der Waals surface area contributed by atoms with Gasteiger partial charge in [-0.3, -0.25) is 0 Å². The summed E-state index contributed by atoms with van der Waals surface area (Å²) in [5, 5.41) is 17.5. The number of aliphatic hydroxyl groups excluding tert-OH is 2. The van der Waals surface area contributed by atoms with Crippen LogP contribution in [-0.4, -0.2) is 10.2 Å². The third-order valence-corrected chi connectivity index (χ3v) is 0.843. The van der Waals surface area contributed by atoms with Gasteiger partial charge in [0.2, 0.25) is 0 Å². The summed E-state index contributed by atoms with van der Waals surface area (Å²) in [7, 11) is 0. The van der Waals surface area contributed by atoms with E-state index < -0.39 is 0 Å². The van der Waals surface area contributed by atoms with Crippen molar-refractivity contribution in [2.45, 2.75) is 0 Å². The van der Waals surface area contributed by atoms with Crippen LogP contribution in [0.5, 0.6) is 0 Å². The minimum Gasteiger partial charge on any atom is -0.508 e. The van der Waals surface area contributed by atoms with E-state index in [9.17, 15) is 0 Å². The van der Waals surface area contributed by atoms with Gasteiger partial charge in [0.25, 0.3) is 0 Å². The molecule has 0 aromatic rings. The van der Waals surface area contributed by atoms with Crippen LogP contribution in [0.4, 0.5) is 0 Å². The Kier molecular flexibility index (Phi) is 3.80. The summed E-state index contributed by atoms with van der Waals surface area (Å²) in [5.41, 5.74) is 0. The molecule has 0 aromatic heterocycles. The molecule has 0 amide bonds. The topological polar surface area (TPSA) is 40.5 Å². The van der Waals surface area contributed by atoms with E-state index in [2.05, 4.69) is 13.2 Å². The summed E-state index contributed by atoms with van der Waals surface area (Å²) in [6.07, 6.45) is 5.19. The third kappa shape index (κ3) is 3.55. The molecule has 10 heavy (non-hydrogen) atoms. The lowest BCUT2D eigenvalue weighted by atomic mass is 10.3. The number of allylic oxidation sites excluding steroid dienone is 4. The van der Waals surface area contributed by atoms with Crippen LogP contribution in [0, 0.1) is 0 Å². The average Bonchev–Trinajstić information content (AvgIpc) is 1.99. The minimum absolute atomic E-state index is 0.00778. The number of hydrogen-bond acceptors (Lipinski definition) is 2. The average molecular weight is 138 g/mol. The second kappa shape index (κ2) is 4.44. The highest BCUT2D eigenvalue weighted by atomic mass is 16.3. The number of rotatable bonds is 3. The first-order chi connectivity index (χ1) is 4.70. The number of aliphatic hydroxyl groups is 2. The minimum atomic E-state index is 0.00778. The number of hydrogen-bond donors (Lipinski definition) is 2. The zero-order valence-corrected chi connectivity index (χ0v) is 5.62. The van der Waals surface area contributed by atoms with E-state index in [0.717, 1.165) is 0 Å².